The van der Waals surface area contributed by atoms with E-state index in [9.17, 15) is 13.6 Å². The number of imidazole rings is 1. The number of benzene rings is 1. The number of fused-ring (bicyclic) bond motifs is 2. The van der Waals surface area contributed by atoms with E-state index in [1.165, 1.54) is 16.1 Å². The highest BCUT2D eigenvalue weighted by molar-refractivity contribution is 5.93. The molecule has 28 heavy (non-hydrogen) atoms. The maximum atomic E-state index is 13.7. The van der Waals surface area contributed by atoms with Gasteiger partial charge in [0.25, 0.3) is 5.92 Å². The summed E-state index contributed by atoms with van der Waals surface area (Å²) in [6.07, 6.45) is 1.53. The van der Waals surface area contributed by atoms with Gasteiger partial charge in [-0.2, -0.15) is 0 Å². The van der Waals surface area contributed by atoms with Crippen molar-refractivity contribution < 1.29 is 8.78 Å². The van der Waals surface area contributed by atoms with Crippen LogP contribution in [-0.2, 0) is 13.6 Å². The smallest absolute Gasteiger partial charge is 0.290 e. The van der Waals surface area contributed by atoms with Crippen molar-refractivity contribution in [3.63, 3.8) is 0 Å². The topological polar surface area (TPSA) is 52.7 Å². The highest BCUT2D eigenvalue weighted by Gasteiger charge is 2.68. The van der Waals surface area contributed by atoms with E-state index >= 15 is 0 Å². The lowest BCUT2D eigenvalue weighted by atomic mass is 10.1. The summed E-state index contributed by atoms with van der Waals surface area (Å²) in [7, 11) is 1.62. The first-order valence-electron chi connectivity index (χ1n) is 9.09. The molecule has 0 bridgehead atoms. The molecule has 0 aliphatic heterocycles. The second-order valence-electron chi connectivity index (χ2n) is 7.79. The highest BCUT2D eigenvalue weighted by Crippen LogP contribution is 2.61. The fraction of sp³-hybridized carbons (Fsp3) is 0.286. The molecule has 3 heterocycles. The van der Waals surface area contributed by atoms with Gasteiger partial charge in [0.05, 0.1) is 22.1 Å². The van der Waals surface area contributed by atoms with Crippen molar-refractivity contribution in [1.29, 1.82) is 0 Å². The first kappa shape index (κ1) is 17.0. The van der Waals surface area contributed by atoms with E-state index in [1.54, 1.807) is 19.3 Å². The Kier molecular flexibility index (Phi) is 3.33. The van der Waals surface area contributed by atoms with Crippen LogP contribution in [0.2, 0.25) is 0 Å². The number of alkyl halides is 2. The molecule has 1 aromatic carbocycles. The average molecular weight is 380 g/mol. The van der Waals surface area contributed by atoms with Crippen LogP contribution in [0.15, 0.2) is 53.5 Å². The summed E-state index contributed by atoms with van der Waals surface area (Å²) in [5.41, 5.74) is 1.90. The third-order valence-corrected chi connectivity index (χ3v) is 5.77. The van der Waals surface area contributed by atoms with E-state index in [-0.39, 0.29) is 18.7 Å². The van der Waals surface area contributed by atoms with Crippen LogP contribution < -0.4 is 5.69 Å². The Morgan fingerprint density at radius 2 is 1.89 bits per heavy atom. The fourth-order valence-corrected chi connectivity index (χ4v) is 3.85. The van der Waals surface area contributed by atoms with Crippen LogP contribution >= 0.6 is 0 Å². The van der Waals surface area contributed by atoms with Gasteiger partial charge in [-0.05, 0) is 18.2 Å². The normalized spacial score (nSPS) is 20.7. The van der Waals surface area contributed by atoms with E-state index in [0.717, 1.165) is 16.5 Å². The van der Waals surface area contributed by atoms with Crippen molar-refractivity contribution in [2.45, 2.75) is 25.8 Å². The molecule has 1 aliphatic rings. The van der Waals surface area contributed by atoms with Crippen molar-refractivity contribution in [2.75, 3.05) is 0 Å². The number of halogens is 2. The number of para-hydroxylation sites is 1. The number of rotatable bonds is 3. The summed E-state index contributed by atoms with van der Waals surface area (Å²) in [6, 6.07) is 13.3. The lowest BCUT2D eigenvalue weighted by molar-refractivity contribution is 0.0637. The van der Waals surface area contributed by atoms with Gasteiger partial charge in [0, 0.05) is 37.2 Å². The second kappa shape index (κ2) is 5.47. The summed E-state index contributed by atoms with van der Waals surface area (Å²) in [5, 5.41) is 0.997. The maximum Gasteiger partial charge on any atom is 0.330 e. The molecule has 1 saturated carbocycles. The van der Waals surface area contributed by atoms with Gasteiger partial charge in [0.1, 0.15) is 0 Å². The van der Waals surface area contributed by atoms with Crippen LogP contribution in [0.3, 0.4) is 0 Å². The Morgan fingerprint density at radius 3 is 2.64 bits per heavy atom. The molecule has 0 saturated heterocycles. The number of nitrogens with zero attached hydrogens (tertiary/aromatic N) is 4. The quantitative estimate of drug-likeness (QED) is 0.540. The van der Waals surface area contributed by atoms with Crippen LogP contribution in [0, 0.1) is 5.41 Å². The van der Waals surface area contributed by atoms with Crippen LogP contribution in [0.4, 0.5) is 8.78 Å². The Hall–Kier alpha value is -3.09. The minimum atomic E-state index is -2.73. The van der Waals surface area contributed by atoms with E-state index < -0.39 is 11.3 Å². The van der Waals surface area contributed by atoms with E-state index in [4.69, 9.17) is 0 Å². The van der Waals surface area contributed by atoms with Crippen LogP contribution in [-0.4, -0.2) is 25.0 Å². The first-order valence-corrected chi connectivity index (χ1v) is 9.09. The average Bonchev–Trinajstić information content (AvgIpc) is 3.11. The largest absolute Gasteiger partial charge is 0.330 e. The van der Waals surface area contributed by atoms with Gasteiger partial charge >= 0.3 is 5.69 Å². The summed E-state index contributed by atoms with van der Waals surface area (Å²) in [6.45, 7) is 1.49. The van der Waals surface area contributed by atoms with Gasteiger partial charge in [-0.1, -0.05) is 31.2 Å². The van der Waals surface area contributed by atoms with Crippen LogP contribution in [0.1, 0.15) is 13.3 Å². The molecule has 0 spiro atoms. The van der Waals surface area contributed by atoms with Gasteiger partial charge < -0.3 is 0 Å². The Labute approximate surface area is 159 Å². The van der Waals surface area contributed by atoms with Crippen molar-refractivity contribution in [3.05, 3.63) is 59.1 Å². The molecule has 0 amide bonds. The molecule has 0 radical (unpaired) electrons. The summed E-state index contributed by atoms with van der Waals surface area (Å²) in [5.74, 6) is -2.73. The number of aromatic nitrogens is 4. The molecule has 7 heteroatoms. The van der Waals surface area contributed by atoms with Gasteiger partial charge in [0.2, 0.25) is 0 Å². The second-order valence-corrected chi connectivity index (χ2v) is 7.79. The predicted octanol–water partition coefficient (Wildman–Crippen LogP) is 4.00. The third kappa shape index (κ3) is 2.32. The Morgan fingerprint density at radius 1 is 1.14 bits per heavy atom. The number of hydrogen-bond acceptors (Lipinski definition) is 3. The van der Waals surface area contributed by atoms with Gasteiger partial charge in [-0.25, -0.2) is 18.6 Å². The third-order valence-electron chi connectivity index (χ3n) is 5.77. The van der Waals surface area contributed by atoms with Crippen LogP contribution in [0.5, 0.6) is 0 Å². The Balaban J connectivity index is 1.67. The fourth-order valence-electron chi connectivity index (χ4n) is 3.85. The molecule has 5 rings (SSSR count). The molecule has 4 aromatic rings. The standard InChI is InChI=1S/C21H18F2N4O/c1-20(11-21(20,22)23)12-27-16-9-8-15(25-18(16)26(2)19(27)28)14-7-3-5-13-6-4-10-24-17(13)14/h3-10H,11-12H2,1-2H3. The molecule has 0 N–H and O–H groups in total. The number of aryl methyl sites for hydroxylation is 1. The molecular formula is C21H18F2N4O. The molecule has 1 aliphatic carbocycles. The van der Waals surface area contributed by atoms with E-state index in [1.807, 2.05) is 36.4 Å². The van der Waals surface area contributed by atoms with Gasteiger partial charge in [-0.15, -0.1) is 0 Å². The summed E-state index contributed by atoms with van der Waals surface area (Å²) in [4.78, 5) is 21.8. The zero-order valence-corrected chi connectivity index (χ0v) is 15.5. The first-order chi connectivity index (χ1) is 13.3. The zero-order chi connectivity index (χ0) is 19.7. The number of hydrogen-bond donors (Lipinski definition) is 0. The van der Waals surface area contributed by atoms with Crippen molar-refractivity contribution in [1.82, 2.24) is 19.1 Å². The SMILES string of the molecule is Cn1c(=O)n(CC2(C)CC2(F)F)c2ccc(-c3cccc4cccnc34)nc21. The Bertz CT molecular complexity index is 1300. The van der Waals surface area contributed by atoms with Gasteiger partial charge in [-0.3, -0.25) is 14.1 Å². The molecule has 1 fully saturated rings. The minimum absolute atomic E-state index is 0.0208. The van der Waals surface area contributed by atoms with E-state index in [0.29, 0.717) is 16.9 Å². The monoisotopic (exact) mass is 380 g/mol. The van der Waals surface area contributed by atoms with Crippen molar-refractivity contribution >= 4 is 22.1 Å². The number of pyridine rings is 2. The lowest BCUT2D eigenvalue weighted by Crippen LogP contribution is -2.27. The van der Waals surface area contributed by atoms with E-state index in [2.05, 4.69) is 9.97 Å². The molecule has 5 nitrogen and oxygen atoms in total. The molecular weight excluding hydrogens is 362 g/mol. The minimum Gasteiger partial charge on any atom is -0.290 e. The van der Waals surface area contributed by atoms with Crippen molar-refractivity contribution in [2.24, 2.45) is 12.5 Å². The molecule has 1 atom stereocenters. The zero-order valence-electron chi connectivity index (χ0n) is 15.5. The highest BCUT2D eigenvalue weighted by atomic mass is 19.3. The molecule has 1 unspecified atom stereocenters. The summed E-state index contributed by atoms with van der Waals surface area (Å²) < 4.78 is 30.2. The predicted molar refractivity (Wildman–Crippen MR) is 103 cm³/mol. The van der Waals surface area contributed by atoms with Crippen molar-refractivity contribution in [3.8, 4) is 11.3 Å². The maximum absolute atomic E-state index is 13.7. The summed E-state index contributed by atoms with van der Waals surface area (Å²) >= 11 is 0. The lowest BCUT2D eigenvalue weighted by Gasteiger charge is -2.11. The molecule has 142 valence electrons. The molecule has 3 aromatic heterocycles. The van der Waals surface area contributed by atoms with Crippen LogP contribution in [0.25, 0.3) is 33.3 Å². The van der Waals surface area contributed by atoms with Gasteiger partial charge in [0.15, 0.2) is 5.65 Å².